The maximum Gasteiger partial charge on any atom is 0.357 e. The van der Waals surface area contributed by atoms with Crippen molar-refractivity contribution in [2.75, 3.05) is 19.0 Å². The third-order valence-corrected chi connectivity index (χ3v) is 4.91. The first kappa shape index (κ1) is 14.3. The van der Waals surface area contributed by atoms with E-state index in [1.165, 1.54) is 44.1 Å². The standard InChI is InChI=1S/C14H22N2O2S/c1-9-6-4-5-7-11(9)8-15-14-16-12(10(2)19-14)13(17)18-3/h9,11H,4-8H2,1-3H3,(H,15,16). The normalized spacial score (nSPS) is 23.1. The average Bonchev–Trinajstić information content (AvgIpc) is 2.78. The highest BCUT2D eigenvalue weighted by Gasteiger charge is 2.22. The molecule has 0 bridgehead atoms. The Morgan fingerprint density at radius 1 is 1.47 bits per heavy atom. The molecule has 19 heavy (non-hydrogen) atoms. The molecular formula is C14H22N2O2S. The van der Waals surface area contributed by atoms with E-state index in [4.69, 9.17) is 4.74 Å². The Morgan fingerprint density at radius 3 is 2.89 bits per heavy atom. The zero-order valence-electron chi connectivity index (χ0n) is 11.9. The average molecular weight is 282 g/mol. The van der Waals surface area contributed by atoms with Gasteiger partial charge >= 0.3 is 5.97 Å². The number of esters is 1. The summed E-state index contributed by atoms with van der Waals surface area (Å²) in [6, 6.07) is 0. The summed E-state index contributed by atoms with van der Waals surface area (Å²) in [4.78, 5) is 16.7. The molecule has 1 N–H and O–H groups in total. The zero-order valence-corrected chi connectivity index (χ0v) is 12.7. The molecule has 1 aliphatic rings. The summed E-state index contributed by atoms with van der Waals surface area (Å²) in [5, 5.41) is 4.21. The van der Waals surface area contributed by atoms with Gasteiger partial charge in [0, 0.05) is 11.4 Å². The molecule has 1 aliphatic carbocycles. The van der Waals surface area contributed by atoms with Crippen molar-refractivity contribution in [3.63, 3.8) is 0 Å². The third-order valence-electron chi connectivity index (χ3n) is 3.98. The maximum absolute atomic E-state index is 11.5. The van der Waals surface area contributed by atoms with Crippen LogP contribution in [0.4, 0.5) is 5.13 Å². The van der Waals surface area contributed by atoms with E-state index in [1.807, 2.05) is 6.92 Å². The van der Waals surface area contributed by atoms with E-state index >= 15 is 0 Å². The van der Waals surface area contributed by atoms with Crippen molar-refractivity contribution in [3.8, 4) is 0 Å². The smallest absolute Gasteiger partial charge is 0.357 e. The molecule has 0 saturated heterocycles. The first-order valence-corrected chi connectivity index (χ1v) is 7.73. The summed E-state index contributed by atoms with van der Waals surface area (Å²) < 4.78 is 4.72. The minimum Gasteiger partial charge on any atom is -0.464 e. The SMILES string of the molecule is COC(=O)c1nc(NCC2CCCCC2C)sc1C. The second kappa shape index (κ2) is 6.37. The van der Waals surface area contributed by atoms with Crippen LogP contribution in [0.1, 0.15) is 48.0 Å². The Kier molecular flexibility index (Phi) is 4.80. The number of nitrogens with zero attached hydrogens (tertiary/aromatic N) is 1. The molecule has 1 saturated carbocycles. The van der Waals surface area contributed by atoms with Crippen LogP contribution in [0, 0.1) is 18.8 Å². The van der Waals surface area contributed by atoms with Gasteiger partial charge < -0.3 is 10.1 Å². The third kappa shape index (κ3) is 3.47. The number of methoxy groups -OCH3 is 1. The van der Waals surface area contributed by atoms with Crippen LogP contribution in [0.2, 0.25) is 0 Å². The number of aryl methyl sites for hydroxylation is 1. The van der Waals surface area contributed by atoms with Crippen LogP contribution in [0.3, 0.4) is 0 Å². The number of carbonyl (C=O) groups excluding carboxylic acids is 1. The van der Waals surface area contributed by atoms with Gasteiger partial charge in [0.15, 0.2) is 10.8 Å². The predicted octanol–water partition coefficient (Wildman–Crippen LogP) is 3.48. The Hall–Kier alpha value is -1.10. The Morgan fingerprint density at radius 2 is 2.21 bits per heavy atom. The van der Waals surface area contributed by atoms with Gasteiger partial charge in [-0.2, -0.15) is 0 Å². The minimum atomic E-state index is -0.354. The molecule has 1 aromatic rings. The zero-order chi connectivity index (χ0) is 13.8. The number of carbonyl (C=O) groups is 1. The Balaban J connectivity index is 1.94. The molecule has 1 aromatic heterocycles. The Bertz CT molecular complexity index is 445. The molecule has 4 nitrogen and oxygen atoms in total. The van der Waals surface area contributed by atoms with E-state index in [-0.39, 0.29) is 5.97 Å². The summed E-state index contributed by atoms with van der Waals surface area (Å²) in [5.74, 6) is 1.15. The molecule has 1 fully saturated rings. The van der Waals surface area contributed by atoms with Gasteiger partial charge in [-0.25, -0.2) is 9.78 Å². The van der Waals surface area contributed by atoms with Gasteiger partial charge in [-0.05, 0) is 25.2 Å². The van der Waals surface area contributed by atoms with E-state index in [0.29, 0.717) is 5.69 Å². The van der Waals surface area contributed by atoms with Crippen LogP contribution in [0.15, 0.2) is 0 Å². The first-order valence-electron chi connectivity index (χ1n) is 6.91. The summed E-state index contributed by atoms with van der Waals surface area (Å²) in [6.45, 7) is 5.19. The van der Waals surface area contributed by atoms with Crippen molar-refractivity contribution in [2.45, 2.75) is 39.5 Å². The fraction of sp³-hybridized carbons (Fsp3) is 0.714. The molecule has 0 radical (unpaired) electrons. The quantitative estimate of drug-likeness (QED) is 0.859. The van der Waals surface area contributed by atoms with Crippen LogP contribution < -0.4 is 5.32 Å². The van der Waals surface area contributed by atoms with E-state index < -0.39 is 0 Å². The van der Waals surface area contributed by atoms with Gasteiger partial charge in [-0.1, -0.05) is 26.2 Å². The molecule has 0 aliphatic heterocycles. The summed E-state index contributed by atoms with van der Waals surface area (Å²) in [7, 11) is 1.39. The van der Waals surface area contributed by atoms with E-state index in [2.05, 4.69) is 17.2 Å². The maximum atomic E-state index is 11.5. The number of hydrogen-bond acceptors (Lipinski definition) is 5. The van der Waals surface area contributed by atoms with Crippen LogP contribution in [0.25, 0.3) is 0 Å². The molecule has 5 heteroatoms. The van der Waals surface area contributed by atoms with Gasteiger partial charge in [-0.3, -0.25) is 0 Å². The number of nitrogens with one attached hydrogen (secondary N) is 1. The lowest BCUT2D eigenvalue weighted by atomic mass is 9.80. The number of ether oxygens (including phenoxy) is 1. The van der Waals surface area contributed by atoms with Gasteiger partial charge in [0.05, 0.1) is 7.11 Å². The molecule has 106 valence electrons. The number of hydrogen-bond donors (Lipinski definition) is 1. The van der Waals surface area contributed by atoms with Crippen molar-refractivity contribution in [1.29, 1.82) is 0 Å². The fourth-order valence-electron chi connectivity index (χ4n) is 2.67. The lowest BCUT2D eigenvalue weighted by Gasteiger charge is -2.28. The van der Waals surface area contributed by atoms with Crippen LogP contribution in [0.5, 0.6) is 0 Å². The highest BCUT2D eigenvalue weighted by molar-refractivity contribution is 7.15. The van der Waals surface area contributed by atoms with Crippen LogP contribution >= 0.6 is 11.3 Å². The van der Waals surface area contributed by atoms with Crippen molar-refractivity contribution in [2.24, 2.45) is 11.8 Å². The highest BCUT2D eigenvalue weighted by atomic mass is 32.1. The van der Waals surface area contributed by atoms with E-state index in [0.717, 1.165) is 28.4 Å². The molecule has 2 atom stereocenters. The lowest BCUT2D eigenvalue weighted by Crippen LogP contribution is -2.24. The number of aromatic nitrogens is 1. The number of thiazole rings is 1. The first-order chi connectivity index (χ1) is 9.11. The van der Waals surface area contributed by atoms with Crippen LogP contribution in [-0.4, -0.2) is 24.6 Å². The summed E-state index contributed by atoms with van der Waals surface area (Å²) >= 11 is 1.52. The molecule has 1 heterocycles. The molecule has 2 rings (SSSR count). The van der Waals surface area contributed by atoms with Gasteiger partial charge in [-0.15, -0.1) is 11.3 Å². The Labute approximate surface area is 118 Å². The highest BCUT2D eigenvalue weighted by Crippen LogP contribution is 2.30. The fourth-order valence-corrected chi connectivity index (χ4v) is 3.48. The summed E-state index contributed by atoms with van der Waals surface area (Å²) in [6.07, 6.45) is 5.32. The van der Waals surface area contributed by atoms with Crippen molar-refractivity contribution in [1.82, 2.24) is 4.98 Å². The van der Waals surface area contributed by atoms with Gasteiger partial charge in [0.25, 0.3) is 0 Å². The van der Waals surface area contributed by atoms with Crippen LogP contribution in [-0.2, 0) is 4.74 Å². The van der Waals surface area contributed by atoms with Crippen molar-refractivity contribution in [3.05, 3.63) is 10.6 Å². The topological polar surface area (TPSA) is 51.2 Å². The second-order valence-corrected chi connectivity index (χ2v) is 6.52. The number of rotatable bonds is 4. The van der Waals surface area contributed by atoms with E-state index in [9.17, 15) is 4.79 Å². The van der Waals surface area contributed by atoms with Gasteiger partial charge in [0.2, 0.25) is 0 Å². The second-order valence-electron chi connectivity index (χ2n) is 5.32. The lowest BCUT2D eigenvalue weighted by molar-refractivity contribution is 0.0594. The molecule has 0 aromatic carbocycles. The monoisotopic (exact) mass is 282 g/mol. The number of anilines is 1. The van der Waals surface area contributed by atoms with Crippen molar-refractivity contribution < 1.29 is 9.53 Å². The molecule has 0 spiro atoms. The largest absolute Gasteiger partial charge is 0.464 e. The van der Waals surface area contributed by atoms with Gasteiger partial charge in [0.1, 0.15) is 0 Å². The predicted molar refractivity (Wildman–Crippen MR) is 77.8 cm³/mol. The van der Waals surface area contributed by atoms with E-state index in [1.54, 1.807) is 0 Å². The minimum absolute atomic E-state index is 0.354. The molecule has 0 amide bonds. The summed E-state index contributed by atoms with van der Waals surface area (Å²) in [5.41, 5.74) is 0.437. The molecule has 2 unspecified atom stereocenters. The van der Waals surface area contributed by atoms with Crippen molar-refractivity contribution >= 4 is 22.4 Å². The molecular weight excluding hydrogens is 260 g/mol.